The number of sulfone groups is 2. The minimum atomic E-state index is -4.65. The molecule has 0 bridgehead atoms. The standard InChI is InChI=1S/C25H22N2O4S2/c1-15-5-7-19-13-23(17(3)11-21(19)9-15)32(28,29)25(27-26)33(30,31)24-14-20-8-6-16(2)10-22(20)12-18(24)4/h5-14H,1-4H3. The highest BCUT2D eigenvalue weighted by Crippen LogP contribution is 2.30. The van der Waals surface area contributed by atoms with Crippen molar-refractivity contribution in [2.24, 2.45) is 0 Å². The zero-order valence-electron chi connectivity index (χ0n) is 18.6. The number of hydrogen-bond donors (Lipinski definition) is 0. The quantitative estimate of drug-likeness (QED) is 0.174. The van der Waals surface area contributed by atoms with Crippen molar-refractivity contribution >= 4 is 45.6 Å². The van der Waals surface area contributed by atoms with Crippen molar-refractivity contribution in [1.82, 2.24) is 0 Å². The summed E-state index contributed by atoms with van der Waals surface area (Å²) in [6, 6.07) is 17.2. The molecule has 6 nitrogen and oxygen atoms in total. The van der Waals surface area contributed by atoms with Gasteiger partial charge in [0.15, 0.2) is 0 Å². The van der Waals surface area contributed by atoms with Gasteiger partial charge in [-0.05, 0) is 72.5 Å². The van der Waals surface area contributed by atoms with E-state index in [0.717, 1.165) is 21.9 Å². The Balaban J connectivity index is 1.92. The van der Waals surface area contributed by atoms with Crippen LogP contribution in [0.4, 0.5) is 0 Å². The van der Waals surface area contributed by atoms with Crippen molar-refractivity contribution in [1.29, 1.82) is 0 Å². The Bertz CT molecular complexity index is 1610. The highest BCUT2D eigenvalue weighted by Gasteiger charge is 2.45. The summed E-state index contributed by atoms with van der Waals surface area (Å²) in [6.45, 7) is 7.02. The van der Waals surface area contributed by atoms with E-state index in [0.29, 0.717) is 21.9 Å². The van der Waals surface area contributed by atoms with Gasteiger partial charge in [-0.1, -0.05) is 59.7 Å². The molecule has 0 saturated carbocycles. The van der Waals surface area contributed by atoms with Crippen molar-refractivity contribution in [3.05, 3.63) is 88.4 Å². The lowest BCUT2D eigenvalue weighted by Gasteiger charge is -2.10. The number of rotatable bonds is 2. The molecule has 168 valence electrons. The molecule has 0 unspecified atom stereocenters. The average molecular weight is 479 g/mol. The Morgan fingerprint density at radius 2 is 1.00 bits per heavy atom. The second-order valence-electron chi connectivity index (χ2n) is 8.31. The molecule has 0 aliphatic heterocycles. The van der Waals surface area contributed by atoms with Crippen LogP contribution in [0.25, 0.3) is 27.1 Å². The second kappa shape index (κ2) is 7.92. The molecule has 0 N–H and O–H groups in total. The summed E-state index contributed by atoms with van der Waals surface area (Å²) in [5.41, 5.74) is 12.4. The Hall–Kier alpha value is -3.32. The van der Waals surface area contributed by atoms with Gasteiger partial charge in [0, 0.05) is 0 Å². The largest absolute Gasteiger partial charge is 0.504 e. The van der Waals surface area contributed by atoms with Gasteiger partial charge < -0.3 is 5.53 Å². The van der Waals surface area contributed by atoms with Gasteiger partial charge >= 0.3 is 4.38 Å². The molecule has 0 aromatic heterocycles. The lowest BCUT2D eigenvalue weighted by molar-refractivity contribution is 0.00379. The maximum absolute atomic E-state index is 13.5. The van der Waals surface area contributed by atoms with Gasteiger partial charge in [-0.15, -0.1) is 4.79 Å². The average Bonchev–Trinajstić information content (AvgIpc) is 2.72. The van der Waals surface area contributed by atoms with Crippen LogP contribution in [0.15, 0.2) is 70.5 Å². The Morgan fingerprint density at radius 1 is 0.606 bits per heavy atom. The number of nitrogens with zero attached hydrogens (tertiary/aromatic N) is 2. The van der Waals surface area contributed by atoms with E-state index in [1.807, 2.05) is 38.1 Å². The molecule has 8 heteroatoms. The monoisotopic (exact) mass is 478 g/mol. The van der Waals surface area contributed by atoms with E-state index < -0.39 is 24.1 Å². The van der Waals surface area contributed by atoms with E-state index in [2.05, 4.69) is 4.79 Å². The van der Waals surface area contributed by atoms with Crippen LogP contribution in [-0.2, 0) is 19.7 Å². The lowest BCUT2D eigenvalue weighted by Crippen LogP contribution is -2.27. The normalized spacial score (nSPS) is 12.1. The van der Waals surface area contributed by atoms with Crippen LogP contribution in [0.1, 0.15) is 22.3 Å². The van der Waals surface area contributed by atoms with Crippen LogP contribution < -0.4 is 0 Å². The first-order valence-electron chi connectivity index (χ1n) is 10.2. The zero-order valence-corrected chi connectivity index (χ0v) is 20.3. The summed E-state index contributed by atoms with van der Waals surface area (Å²) < 4.78 is 52.6. The third-order valence-electron chi connectivity index (χ3n) is 5.70. The molecule has 0 amide bonds. The summed E-state index contributed by atoms with van der Waals surface area (Å²) in [6.07, 6.45) is 0. The van der Waals surface area contributed by atoms with Gasteiger partial charge in [0.05, 0.1) is 9.79 Å². The van der Waals surface area contributed by atoms with Gasteiger partial charge in [0.2, 0.25) is 0 Å². The van der Waals surface area contributed by atoms with Gasteiger partial charge in [-0.25, -0.2) is 16.8 Å². The molecule has 0 heterocycles. The first-order valence-corrected chi connectivity index (χ1v) is 13.2. The highest BCUT2D eigenvalue weighted by atomic mass is 32.3. The maximum Gasteiger partial charge on any atom is 0.504 e. The predicted molar refractivity (Wildman–Crippen MR) is 130 cm³/mol. The summed E-state index contributed by atoms with van der Waals surface area (Å²) in [5.74, 6) is 0. The molecular formula is C25H22N2O4S2. The number of hydrogen-bond acceptors (Lipinski definition) is 4. The van der Waals surface area contributed by atoms with E-state index in [4.69, 9.17) is 0 Å². The van der Waals surface area contributed by atoms with Crippen molar-refractivity contribution in [3.8, 4) is 0 Å². The minimum Gasteiger partial charge on any atom is -0.359 e. The number of benzene rings is 4. The predicted octanol–water partition coefficient (Wildman–Crippen LogP) is 5.06. The second-order valence-corrected chi connectivity index (χ2v) is 12.2. The van der Waals surface area contributed by atoms with Crippen LogP contribution in [0.5, 0.6) is 0 Å². The maximum atomic E-state index is 13.5. The molecule has 0 aliphatic carbocycles. The van der Waals surface area contributed by atoms with Crippen molar-refractivity contribution in [2.75, 3.05) is 0 Å². The molecule has 0 aliphatic rings. The van der Waals surface area contributed by atoms with Crippen LogP contribution in [0, 0.1) is 27.7 Å². The first kappa shape index (κ1) is 22.9. The van der Waals surface area contributed by atoms with Crippen LogP contribution >= 0.6 is 0 Å². The Kier molecular flexibility index (Phi) is 5.48. The fourth-order valence-electron chi connectivity index (χ4n) is 4.04. The fourth-order valence-corrected chi connectivity index (χ4v) is 7.85. The van der Waals surface area contributed by atoms with E-state index in [-0.39, 0.29) is 9.79 Å². The van der Waals surface area contributed by atoms with Crippen molar-refractivity contribution in [3.63, 3.8) is 0 Å². The molecule has 0 radical (unpaired) electrons. The van der Waals surface area contributed by atoms with Crippen LogP contribution in [0.2, 0.25) is 0 Å². The Labute approximate surface area is 193 Å². The van der Waals surface area contributed by atoms with Gasteiger partial charge in [-0.2, -0.15) is 0 Å². The molecular weight excluding hydrogens is 456 g/mol. The zero-order chi connectivity index (χ0) is 24.1. The first-order chi connectivity index (χ1) is 15.4. The van der Waals surface area contributed by atoms with E-state index in [9.17, 15) is 22.4 Å². The molecule has 0 atom stereocenters. The third-order valence-corrected chi connectivity index (χ3v) is 10.1. The van der Waals surface area contributed by atoms with E-state index in [1.54, 1.807) is 38.1 Å². The van der Waals surface area contributed by atoms with Crippen molar-refractivity contribution in [2.45, 2.75) is 37.5 Å². The van der Waals surface area contributed by atoms with Crippen LogP contribution in [0.3, 0.4) is 0 Å². The SMILES string of the molecule is Cc1ccc2cc(S(=O)(=O)C(=[N+]=[N-])S(=O)(=O)c3cc4ccc(C)cc4cc3C)c(C)cc2c1. The molecule has 0 spiro atoms. The molecule has 0 saturated heterocycles. The molecule has 4 aromatic carbocycles. The van der Waals surface area contributed by atoms with Crippen molar-refractivity contribution < 1.29 is 21.6 Å². The highest BCUT2D eigenvalue weighted by molar-refractivity contribution is 8.31. The molecule has 4 rings (SSSR count). The molecule has 0 fully saturated rings. The molecule has 4 aromatic rings. The van der Waals surface area contributed by atoms with E-state index >= 15 is 0 Å². The molecule has 33 heavy (non-hydrogen) atoms. The lowest BCUT2D eigenvalue weighted by atomic mass is 10.1. The van der Waals surface area contributed by atoms with Gasteiger partial charge in [0.1, 0.15) is 0 Å². The van der Waals surface area contributed by atoms with Gasteiger partial charge in [0.25, 0.3) is 19.7 Å². The third kappa shape index (κ3) is 3.86. The Morgan fingerprint density at radius 3 is 1.36 bits per heavy atom. The summed E-state index contributed by atoms with van der Waals surface area (Å²) >= 11 is 0. The van der Waals surface area contributed by atoms with Gasteiger partial charge in [-0.3, -0.25) is 0 Å². The van der Waals surface area contributed by atoms with Crippen LogP contribution in [-0.4, -0.2) is 26.0 Å². The number of fused-ring (bicyclic) bond motifs is 2. The van der Waals surface area contributed by atoms with E-state index in [1.165, 1.54) is 12.1 Å². The smallest absolute Gasteiger partial charge is 0.359 e. The topological polar surface area (TPSA) is 105 Å². The number of aryl methyl sites for hydroxylation is 4. The summed E-state index contributed by atoms with van der Waals surface area (Å²) in [4.78, 5) is 2.36. The fraction of sp³-hybridized carbons (Fsp3) is 0.160. The summed E-state index contributed by atoms with van der Waals surface area (Å²) in [5, 5.41) is 2.93. The minimum absolute atomic E-state index is 0.218. The summed E-state index contributed by atoms with van der Waals surface area (Å²) in [7, 11) is -9.31.